The highest BCUT2D eigenvalue weighted by molar-refractivity contribution is 5.88. The van der Waals surface area contributed by atoms with E-state index < -0.39 is 18.1 Å². The molecule has 2 fully saturated rings. The van der Waals surface area contributed by atoms with Crippen LogP contribution < -0.4 is 21.3 Å². The number of nitrogens with zero attached hydrogens (tertiary/aromatic N) is 3. The molecule has 14 nitrogen and oxygen atoms in total. The third-order valence-electron chi connectivity index (χ3n) is 12.1. The first kappa shape index (κ1) is 55.0. The molecule has 1 saturated heterocycles. The quantitative estimate of drug-likeness (QED) is 0.0868. The van der Waals surface area contributed by atoms with E-state index in [0.717, 1.165) is 36.8 Å². The molecule has 69 heavy (non-hydrogen) atoms. The van der Waals surface area contributed by atoms with Crippen LogP contribution in [-0.4, -0.2) is 96.9 Å². The van der Waals surface area contributed by atoms with E-state index in [0.29, 0.717) is 58.9 Å². The number of aromatic nitrogens is 2. The maximum Gasteiger partial charge on any atom is 0.407 e. The SMILES string of the molecule is C#C.CC.CCC.CCC.CC[C@@H]1CCN(C(=O)CNC(=O)OC)[C@@H]1c1nc2ccc(-c3ccc4c(c3)C(F)(F)c3cc(C5=CNC(CN(CC6(C)CC6)C(=O)CNC(=O)OC)N5)ccc3-4)cc2[nH]1. The van der Waals surface area contributed by atoms with Gasteiger partial charge < -0.3 is 45.5 Å². The number of alkyl halides is 2. The van der Waals surface area contributed by atoms with Crippen molar-refractivity contribution in [3.8, 4) is 35.1 Å². The van der Waals surface area contributed by atoms with E-state index in [1.807, 2.05) is 44.2 Å². The molecular formula is C53H72F2N8O6. The van der Waals surface area contributed by atoms with Crippen molar-refractivity contribution < 1.29 is 37.4 Å². The van der Waals surface area contributed by atoms with Gasteiger partial charge in [-0.3, -0.25) is 9.59 Å². The molecule has 1 aromatic heterocycles. The number of aromatic amines is 1. The van der Waals surface area contributed by atoms with E-state index in [2.05, 4.69) is 90.1 Å². The van der Waals surface area contributed by atoms with Crippen LogP contribution in [0.25, 0.3) is 39.0 Å². The largest absolute Gasteiger partial charge is 0.453 e. The van der Waals surface area contributed by atoms with E-state index in [1.165, 1.54) is 33.1 Å². The molecule has 4 amide bonds. The summed E-state index contributed by atoms with van der Waals surface area (Å²) in [6.45, 7) is 17.7. The van der Waals surface area contributed by atoms with Gasteiger partial charge in [-0.05, 0) is 82.7 Å². The fraction of sp³-hybridized carbons (Fsp3) is 0.491. The number of terminal acetylenes is 1. The molecule has 1 saturated carbocycles. The van der Waals surface area contributed by atoms with Gasteiger partial charge in [0, 0.05) is 30.4 Å². The first-order valence-corrected chi connectivity index (χ1v) is 24.1. The van der Waals surface area contributed by atoms with Crippen LogP contribution in [0, 0.1) is 24.2 Å². The van der Waals surface area contributed by atoms with Crippen LogP contribution in [-0.2, 0) is 25.0 Å². The zero-order valence-electron chi connectivity index (χ0n) is 42.0. The van der Waals surface area contributed by atoms with E-state index in [9.17, 15) is 19.2 Å². The van der Waals surface area contributed by atoms with Crippen LogP contribution in [0.1, 0.15) is 122 Å². The van der Waals surface area contributed by atoms with Gasteiger partial charge in [0.1, 0.15) is 25.1 Å². The van der Waals surface area contributed by atoms with Gasteiger partial charge in [0.25, 0.3) is 5.92 Å². The molecule has 4 aromatic rings. The number of methoxy groups -OCH3 is 2. The number of rotatable bonds is 12. The van der Waals surface area contributed by atoms with Crippen molar-refractivity contribution in [3.63, 3.8) is 0 Å². The Bertz CT molecular complexity index is 2440. The number of ether oxygens (including phenoxy) is 2. The second kappa shape index (κ2) is 25.1. The lowest BCUT2D eigenvalue weighted by Crippen LogP contribution is -2.50. The highest BCUT2D eigenvalue weighted by Gasteiger charge is 2.45. The average Bonchev–Trinajstić information content (AvgIpc) is 3.77. The number of alkyl carbamates (subject to hydrolysis) is 2. The Kier molecular flexibility index (Phi) is 20.0. The van der Waals surface area contributed by atoms with Crippen LogP contribution in [0.2, 0.25) is 0 Å². The molecule has 374 valence electrons. The number of benzene rings is 3. The van der Waals surface area contributed by atoms with Gasteiger partial charge in [-0.25, -0.2) is 14.6 Å². The summed E-state index contributed by atoms with van der Waals surface area (Å²) in [5.74, 6) is -2.94. The van der Waals surface area contributed by atoms with Gasteiger partial charge >= 0.3 is 12.2 Å². The monoisotopic (exact) mass is 955 g/mol. The molecule has 0 spiro atoms. The van der Waals surface area contributed by atoms with E-state index in [-0.39, 0.29) is 59.6 Å². The minimum atomic E-state index is -3.26. The van der Waals surface area contributed by atoms with E-state index in [1.54, 1.807) is 34.2 Å². The van der Waals surface area contributed by atoms with Crippen LogP contribution in [0.3, 0.4) is 0 Å². The minimum Gasteiger partial charge on any atom is -0.453 e. The number of likely N-dealkylation sites (tertiary alicyclic amines) is 1. The lowest BCUT2D eigenvalue weighted by molar-refractivity contribution is -0.132. The minimum absolute atomic E-state index is 0.0256. The molecular weight excluding hydrogens is 883 g/mol. The van der Waals surface area contributed by atoms with Crippen molar-refractivity contribution in [1.29, 1.82) is 0 Å². The highest BCUT2D eigenvalue weighted by Crippen LogP contribution is 2.52. The maximum atomic E-state index is 16.5. The third kappa shape index (κ3) is 13.1. The van der Waals surface area contributed by atoms with Crippen molar-refractivity contribution in [1.82, 2.24) is 41.0 Å². The van der Waals surface area contributed by atoms with Crippen molar-refractivity contribution >= 4 is 40.7 Å². The maximum absolute atomic E-state index is 16.5. The zero-order valence-corrected chi connectivity index (χ0v) is 42.0. The van der Waals surface area contributed by atoms with Crippen LogP contribution in [0.4, 0.5) is 18.4 Å². The van der Waals surface area contributed by atoms with Crippen LogP contribution >= 0.6 is 0 Å². The van der Waals surface area contributed by atoms with Gasteiger partial charge in [0.2, 0.25) is 11.8 Å². The number of H-pyrrole nitrogens is 1. The molecule has 0 radical (unpaired) electrons. The lowest BCUT2D eigenvalue weighted by Gasteiger charge is -2.29. The number of nitrogens with one attached hydrogen (secondary N) is 5. The first-order valence-electron chi connectivity index (χ1n) is 24.1. The second-order valence-corrected chi connectivity index (χ2v) is 17.5. The summed E-state index contributed by atoms with van der Waals surface area (Å²) < 4.78 is 42.1. The van der Waals surface area contributed by atoms with Crippen LogP contribution in [0.5, 0.6) is 0 Å². The fourth-order valence-electron chi connectivity index (χ4n) is 8.53. The van der Waals surface area contributed by atoms with Gasteiger partial charge in [-0.15, -0.1) is 12.8 Å². The second-order valence-electron chi connectivity index (χ2n) is 17.5. The van der Waals surface area contributed by atoms with Crippen molar-refractivity contribution in [3.05, 3.63) is 83.3 Å². The fourth-order valence-corrected chi connectivity index (χ4v) is 8.53. The van der Waals surface area contributed by atoms with Crippen molar-refractivity contribution in [2.24, 2.45) is 11.3 Å². The van der Waals surface area contributed by atoms with Gasteiger partial charge in [0.15, 0.2) is 0 Å². The Hall–Kier alpha value is -6.63. The number of amides is 4. The molecule has 5 N–H and O–H groups in total. The van der Waals surface area contributed by atoms with Gasteiger partial charge in [0.05, 0.1) is 43.5 Å². The van der Waals surface area contributed by atoms with E-state index in [4.69, 9.17) is 4.98 Å². The molecule has 16 heteroatoms. The summed E-state index contributed by atoms with van der Waals surface area (Å²) in [5.41, 5.74) is 4.78. The van der Waals surface area contributed by atoms with Crippen LogP contribution in [0.15, 0.2) is 60.8 Å². The molecule has 2 aliphatic carbocycles. The lowest BCUT2D eigenvalue weighted by atomic mass is 9.97. The summed E-state index contributed by atoms with van der Waals surface area (Å²) in [4.78, 5) is 61.2. The number of carbonyl (C=O) groups excluding carboxylic acids is 4. The molecule has 3 aromatic carbocycles. The summed E-state index contributed by atoms with van der Waals surface area (Å²) >= 11 is 0. The molecule has 2 aliphatic heterocycles. The Balaban J connectivity index is 0.000000963. The molecule has 1 unspecified atom stereocenters. The molecule has 3 heterocycles. The summed E-state index contributed by atoms with van der Waals surface area (Å²) in [5, 5.41) is 11.5. The van der Waals surface area contributed by atoms with Crippen molar-refractivity contribution in [2.45, 2.75) is 112 Å². The molecule has 3 atom stereocenters. The molecule has 8 rings (SSSR count). The predicted octanol–water partition coefficient (Wildman–Crippen LogP) is 9.92. The topological polar surface area (TPSA) is 170 Å². The average molecular weight is 955 g/mol. The summed E-state index contributed by atoms with van der Waals surface area (Å²) in [6, 6.07) is 15.5. The predicted molar refractivity (Wildman–Crippen MR) is 269 cm³/mol. The number of hydrogen-bond acceptors (Lipinski definition) is 9. The zero-order chi connectivity index (χ0) is 51.1. The van der Waals surface area contributed by atoms with Gasteiger partial charge in [-0.1, -0.05) is 105 Å². The highest BCUT2D eigenvalue weighted by atomic mass is 19.3. The number of halogens is 2. The standard InChI is InChI=1S/C43H48F2N8O6.2C3H8.C2H6.C2H2/c1-5-24-12-15-53(37(55)21-48-41(57)59-4)38(24)39-50-32-11-8-26(18-33(32)51-39)25-6-9-28-29-10-7-27(17-31(29)43(44,45)30(28)16-25)34-19-46-35(49-34)22-52(23-42(2)13-14-42)36(54)20-47-40(56)58-3;2*1-3-2;2*1-2/h6-11,16-19,24,35,38,46,49H,5,12-15,20-23H2,1-4H3,(H,47,56)(H,48,57)(H,50,51);2*3H2,1-2H3;1-2H3;1-2H/t24-,35?,38+;;;;/m1..../s1. The number of carbonyl (C=O) groups is 4. The number of imidazole rings is 1. The Labute approximate surface area is 406 Å². The molecule has 0 bridgehead atoms. The van der Waals surface area contributed by atoms with Gasteiger partial charge in [-0.2, -0.15) is 8.78 Å². The molecule has 4 aliphatic rings. The Morgan fingerprint density at radius 2 is 1.39 bits per heavy atom. The van der Waals surface area contributed by atoms with Crippen molar-refractivity contribution in [2.75, 3.05) is 46.9 Å². The normalized spacial score (nSPS) is 18.1. The number of fused-ring (bicyclic) bond motifs is 4. The van der Waals surface area contributed by atoms with E-state index >= 15 is 8.78 Å². The first-order chi connectivity index (χ1) is 33.1. The Morgan fingerprint density at radius 1 is 0.841 bits per heavy atom. The summed E-state index contributed by atoms with van der Waals surface area (Å²) in [7, 11) is 2.48. The Morgan fingerprint density at radius 3 is 1.97 bits per heavy atom. The third-order valence-corrected chi connectivity index (χ3v) is 12.1. The summed E-state index contributed by atoms with van der Waals surface area (Å²) in [6.07, 6.45) is 14.2. The smallest absolute Gasteiger partial charge is 0.407 e. The number of hydrogen-bond donors (Lipinski definition) is 5.